The molecule has 2 aromatic carbocycles. The number of nitrogens with one attached hydrogen (secondary N) is 1. The maximum absolute atomic E-state index is 12.6. The van der Waals surface area contributed by atoms with Crippen molar-refractivity contribution in [1.29, 1.82) is 0 Å². The molecule has 0 saturated carbocycles. The summed E-state index contributed by atoms with van der Waals surface area (Å²) in [6.07, 6.45) is 0.962. The fourth-order valence-electron chi connectivity index (χ4n) is 2.97. The Kier molecular flexibility index (Phi) is 3.45. The molecule has 0 spiro atoms. The molecular weight excluding hydrogens is 248 g/mol. The van der Waals surface area contributed by atoms with Crippen LogP contribution in [0.2, 0.25) is 0 Å². The summed E-state index contributed by atoms with van der Waals surface area (Å²) in [6.45, 7) is 6.00. The van der Waals surface area contributed by atoms with Crippen LogP contribution in [0.5, 0.6) is 0 Å². The summed E-state index contributed by atoms with van der Waals surface area (Å²) in [6, 6.07) is 12.5. The van der Waals surface area contributed by atoms with E-state index in [1.54, 1.807) is 0 Å². The maximum Gasteiger partial charge on any atom is 0.258 e. The van der Waals surface area contributed by atoms with Crippen LogP contribution in [0, 0.1) is 0 Å². The highest BCUT2D eigenvalue weighted by molar-refractivity contribution is 6.24. The molecule has 1 aliphatic rings. The van der Waals surface area contributed by atoms with E-state index < -0.39 is 0 Å². The van der Waals surface area contributed by atoms with E-state index in [9.17, 15) is 4.79 Å². The molecule has 1 N–H and O–H groups in total. The predicted octanol–water partition coefficient (Wildman–Crippen LogP) is 3.19. The summed E-state index contributed by atoms with van der Waals surface area (Å²) in [7, 11) is 0. The fraction of sp³-hybridized carbons (Fsp3) is 0.353. The van der Waals surface area contributed by atoms with Crippen LogP contribution in [0.3, 0.4) is 0 Å². The molecule has 104 valence electrons. The number of nitrogens with zero attached hydrogens (tertiary/aromatic N) is 1. The average molecular weight is 268 g/mol. The van der Waals surface area contributed by atoms with Gasteiger partial charge < -0.3 is 10.2 Å². The van der Waals surface area contributed by atoms with Gasteiger partial charge in [-0.3, -0.25) is 4.79 Å². The average Bonchev–Trinajstić information content (AvgIpc) is 2.73. The topological polar surface area (TPSA) is 32.3 Å². The number of carbonyl (C=O) groups is 1. The van der Waals surface area contributed by atoms with E-state index in [0.29, 0.717) is 6.04 Å². The Labute approximate surface area is 119 Å². The van der Waals surface area contributed by atoms with Crippen molar-refractivity contribution < 1.29 is 4.79 Å². The van der Waals surface area contributed by atoms with Crippen molar-refractivity contribution in [3.63, 3.8) is 0 Å². The molecule has 3 rings (SSSR count). The minimum Gasteiger partial charge on any atom is -0.314 e. The lowest BCUT2D eigenvalue weighted by molar-refractivity contribution is 0.0992. The van der Waals surface area contributed by atoms with Crippen molar-refractivity contribution >= 4 is 22.4 Å². The lowest BCUT2D eigenvalue weighted by Gasteiger charge is -2.20. The third kappa shape index (κ3) is 2.08. The molecule has 1 unspecified atom stereocenters. The van der Waals surface area contributed by atoms with Crippen molar-refractivity contribution in [3.8, 4) is 0 Å². The monoisotopic (exact) mass is 268 g/mol. The van der Waals surface area contributed by atoms with Crippen molar-refractivity contribution in [3.05, 3.63) is 42.0 Å². The molecule has 0 fully saturated rings. The molecule has 1 heterocycles. The maximum atomic E-state index is 12.6. The third-order valence-corrected chi connectivity index (χ3v) is 3.99. The quantitative estimate of drug-likeness (QED) is 0.903. The smallest absolute Gasteiger partial charge is 0.258 e. The van der Waals surface area contributed by atoms with Gasteiger partial charge in [0.1, 0.15) is 0 Å². The van der Waals surface area contributed by atoms with Gasteiger partial charge in [-0.1, -0.05) is 31.2 Å². The molecule has 1 atom stereocenters. The van der Waals surface area contributed by atoms with Gasteiger partial charge in [-0.05, 0) is 37.4 Å². The lowest BCUT2D eigenvalue weighted by atomic mass is 10.1. The predicted molar refractivity (Wildman–Crippen MR) is 83.4 cm³/mol. The molecular formula is C17H20N2O. The van der Waals surface area contributed by atoms with Crippen LogP contribution in [-0.2, 0) is 0 Å². The first-order chi connectivity index (χ1) is 9.72. The minimum absolute atomic E-state index is 0.139. The Bertz CT molecular complexity index is 645. The molecule has 2 aromatic rings. The Morgan fingerprint density at radius 2 is 1.95 bits per heavy atom. The van der Waals surface area contributed by atoms with Crippen LogP contribution < -0.4 is 10.2 Å². The summed E-state index contributed by atoms with van der Waals surface area (Å²) in [5.41, 5.74) is 1.90. The van der Waals surface area contributed by atoms with Gasteiger partial charge >= 0.3 is 0 Å². The van der Waals surface area contributed by atoms with Crippen LogP contribution in [0.15, 0.2) is 36.4 Å². The molecule has 1 amide bonds. The fourth-order valence-corrected chi connectivity index (χ4v) is 2.97. The third-order valence-electron chi connectivity index (χ3n) is 3.99. The summed E-state index contributed by atoms with van der Waals surface area (Å²) in [5.74, 6) is 0.139. The largest absolute Gasteiger partial charge is 0.314 e. The molecule has 1 aliphatic heterocycles. The molecule has 0 radical (unpaired) electrons. The van der Waals surface area contributed by atoms with E-state index in [0.717, 1.165) is 41.5 Å². The first kappa shape index (κ1) is 13.1. The van der Waals surface area contributed by atoms with Gasteiger partial charge in [0.25, 0.3) is 5.91 Å². The van der Waals surface area contributed by atoms with Gasteiger partial charge in [0, 0.05) is 23.5 Å². The van der Waals surface area contributed by atoms with Crippen LogP contribution in [-0.4, -0.2) is 25.0 Å². The second kappa shape index (κ2) is 5.25. The summed E-state index contributed by atoms with van der Waals surface area (Å²) in [4.78, 5) is 14.5. The van der Waals surface area contributed by atoms with E-state index in [2.05, 4.69) is 37.4 Å². The Morgan fingerprint density at radius 3 is 2.70 bits per heavy atom. The van der Waals surface area contributed by atoms with Gasteiger partial charge in [0.05, 0.1) is 5.69 Å². The highest BCUT2D eigenvalue weighted by Gasteiger charge is 2.29. The van der Waals surface area contributed by atoms with Gasteiger partial charge in [-0.25, -0.2) is 0 Å². The second-order valence-corrected chi connectivity index (χ2v) is 5.39. The highest BCUT2D eigenvalue weighted by Crippen LogP contribution is 2.37. The van der Waals surface area contributed by atoms with E-state index >= 15 is 0 Å². The molecule has 0 aliphatic carbocycles. The Hall–Kier alpha value is -1.87. The Morgan fingerprint density at radius 1 is 1.20 bits per heavy atom. The van der Waals surface area contributed by atoms with Crippen LogP contribution in [0.1, 0.15) is 30.6 Å². The van der Waals surface area contributed by atoms with Gasteiger partial charge in [0.2, 0.25) is 0 Å². The lowest BCUT2D eigenvalue weighted by Crippen LogP contribution is -2.34. The first-order valence-electron chi connectivity index (χ1n) is 7.29. The standard InChI is InChI=1S/C17H20N2O/c1-3-18-12(2)10-11-19-15-9-5-7-13-6-4-8-14(16(13)15)17(19)20/h4-9,12,18H,3,10-11H2,1-2H3. The van der Waals surface area contributed by atoms with Gasteiger partial charge in [-0.2, -0.15) is 0 Å². The molecule has 0 saturated heterocycles. The zero-order valence-electron chi connectivity index (χ0n) is 12.0. The number of carbonyl (C=O) groups excluding carboxylic acids is 1. The van der Waals surface area contributed by atoms with Crippen molar-refractivity contribution in [2.75, 3.05) is 18.0 Å². The minimum atomic E-state index is 0.139. The zero-order valence-corrected chi connectivity index (χ0v) is 12.0. The summed E-state index contributed by atoms with van der Waals surface area (Å²) >= 11 is 0. The normalized spacial score (nSPS) is 15.1. The number of hydrogen-bond acceptors (Lipinski definition) is 2. The van der Waals surface area contributed by atoms with E-state index in [4.69, 9.17) is 0 Å². The van der Waals surface area contributed by atoms with E-state index in [1.165, 1.54) is 0 Å². The number of benzene rings is 2. The molecule has 20 heavy (non-hydrogen) atoms. The van der Waals surface area contributed by atoms with E-state index in [-0.39, 0.29) is 5.91 Å². The van der Waals surface area contributed by atoms with Crippen molar-refractivity contribution in [2.45, 2.75) is 26.3 Å². The number of rotatable bonds is 5. The summed E-state index contributed by atoms with van der Waals surface area (Å²) in [5, 5.41) is 5.65. The molecule has 0 aromatic heterocycles. The van der Waals surface area contributed by atoms with Crippen LogP contribution in [0.25, 0.3) is 10.8 Å². The zero-order chi connectivity index (χ0) is 14.1. The number of hydrogen-bond donors (Lipinski definition) is 1. The molecule has 0 bridgehead atoms. The number of anilines is 1. The molecule has 3 nitrogen and oxygen atoms in total. The van der Waals surface area contributed by atoms with Crippen LogP contribution in [0.4, 0.5) is 5.69 Å². The Balaban J connectivity index is 1.89. The van der Waals surface area contributed by atoms with Crippen molar-refractivity contribution in [1.82, 2.24) is 5.32 Å². The van der Waals surface area contributed by atoms with E-state index in [1.807, 2.05) is 23.1 Å². The highest BCUT2D eigenvalue weighted by atomic mass is 16.2. The van der Waals surface area contributed by atoms with Gasteiger partial charge in [-0.15, -0.1) is 0 Å². The van der Waals surface area contributed by atoms with Crippen LogP contribution >= 0.6 is 0 Å². The second-order valence-electron chi connectivity index (χ2n) is 5.39. The number of amides is 1. The van der Waals surface area contributed by atoms with Crippen molar-refractivity contribution in [2.24, 2.45) is 0 Å². The molecule has 3 heteroatoms. The summed E-state index contributed by atoms with van der Waals surface area (Å²) < 4.78 is 0. The first-order valence-corrected chi connectivity index (χ1v) is 7.29. The van der Waals surface area contributed by atoms with Gasteiger partial charge in [0.15, 0.2) is 0 Å². The SMILES string of the molecule is CCNC(C)CCN1C(=O)c2cccc3cccc1c23.